The Bertz CT molecular complexity index is 431. The van der Waals surface area contributed by atoms with Gasteiger partial charge >= 0.3 is 6.18 Å². The number of hydrogen-bond donors (Lipinski definition) is 3. The van der Waals surface area contributed by atoms with Crippen LogP contribution in [0.25, 0.3) is 0 Å². The molecule has 0 spiro atoms. The van der Waals surface area contributed by atoms with Crippen LogP contribution in [0.2, 0.25) is 10.0 Å². The van der Waals surface area contributed by atoms with Gasteiger partial charge in [0.05, 0.1) is 11.7 Å². The molecule has 1 aromatic rings. The molecular weight excluding hydrogens is 306 g/mol. The molecular formula is C11H12Cl2F3NO2. The van der Waals surface area contributed by atoms with Crippen LogP contribution in [0.3, 0.4) is 0 Å². The van der Waals surface area contributed by atoms with E-state index in [0.717, 1.165) is 0 Å². The first-order valence-electron chi connectivity index (χ1n) is 5.25. The van der Waals surface area contributed by atoms with Crippen LogP contribution in [0, 0.1) is 0 Å². The number of hydrogen-bond acceptors (Lipinski definition) is 3. The molecule has 8 heteroatoms. The second kappa shape index (κ2) is 6.28. The summed E-state index contributed by atoms with van der Waals surface area (Å²) in [7, 11) is 1.55. The van der Waals surface area contributed by atoms with E-state index in [4.69, 9.17) is 23.2 Å². The van der Waals surface area contributed by atoms with E-state index in [1.165, 1.54) is 0 Å². The van der Waals surface area contributed by atoms with Crippen LogP contribution >= 0.6 is 23.2 Å². The highest BCUT2D eigenvalue weighted by Crippen LogP contribution is 2.38. The lowest BCUT2D eigenvalue weighted by Crippen LogP contribution is -2.30. The summed E-state index contributed by atoms with van der Waals surface area (Å²) < 4.78 is 37.6. The molecule has 0 saturated carbocycles. The molecule has 3 nitrogen and oxygen atoms in total. The van der Waals surface area contributed by atoms with Crippen molar-refractivity contribution in [1.82, 2.24) is 5.32 Å². The monoisotopic (exact) mass is 317 g/mol. The summed E-state index contributed by atoms with van der Waals surface area (Å²) in [5, 5.41) is 21.4. The summed E-state index contributed by atoms with van der Waals surface area (Å²) >= 11 is 11.4. The molecule has 0 bridgehead atoms. The molecule has 0 heterocycles. The SMILES string of the molecule is CNCC(O)C(O)c1c(Cl)cc(C(F)(F)F)cc1Cl. The molecule has 19 heavy (non-hydrogen) atoms. The fraction of sp³-hybridized carbons (Fsp3) is 0.455. The van der Waals surface area contributed by atoms with E-state index in [9.17, 15) is 23.4 Å². The normalized spacial score (nSPS) is 15.4. The molecule has 0 aliphatic heterocycles. The molecule has 2 atom stereocenters. The zero-order valence-corrected chi connectivity index (χ0v) is 11.3. The predicted octanol–water partition coefficient (Wildman–Crippen LogP) is 2.63. The number of rotatable bonds is 4. The van der Waals surface area contributed by atoms with Gasteiger partial charge in [-0.2, -0.15) is 13.2 Å². The van der Waals surface area contributed by atoms with Gasteiger partial charge in [-0.15, -0.1) is 0 Å². The van der Waals surface area contributed by atoms with Gasteiger partial charge in [0.1, 0.15) is 6.10 Å². The van der Waals surface area contributed by atoms with Crippen molar-refractivity contribution in [2.45, 2.75) is 18.4 Å². The standard InChI is InChI=1S/C11H12Cl2F3NO2/c1-17-4-8(18)10(19)9-6(12)2-5(3-7(9)13)11(14,15)16/h2-3,8,10,17-19H,4H2,1H3. The second-order valence-electron chi connectivity index (χ2n) is 3.92. The number of halogens is 5. The third-order valence-corrected chi connectivity index (χ3v) is 3.11. The Morgan fingerprint density at radius 2 is 1.68 bits per heavy atom. The molecule has 0 amide bonds. The van der Waals surface area contributed by atoms with Gasteiger partial charge in [-0.25, -0.2) is 0 Å². The molecule has 0 saturated heterocycles. The van der Waals surface area contributed by atoms with Crippen LogP contribution < -0.4 is 5.32 Å². The van der Waals surface area contributed by atoms with E-state index in [-0.39, 0.29) is 22.2 Å². The molecule has 0 aliphatic carbocycles. The fourth-order valence-corrected chi connectivity index (χ4v) is 2.25. The van der Waals surface area contributed by atoms with E-state index in [1.54, 1.807) is 7.05 Å². The fourth-order valence-electron chi connectivity index (χ4n) is 1.54. The zero-order chi connectivity index (χ0) is 14.8. The maximum Gasteiger partial charge on any atom is 0.416 e. The van der Waals surface area contributed by atoms with Gasteiger partial charge in [-0.1, -0.05) is 23.2 Å². The van der Waals surface area contributed by atoms with Gasteiger partial charge in [0.25, 0.3) is 0 Å². The maximum absolute atomic E-state index is 12.5. The van der Waals surface area contributed by atoms with Gasteiger partial charge in [-0.05, 0) is 19.2 Å². The third-order valence-electron chi connectivity index (χ3n) is 2.48. The molecule has 0 aliphatic rings. The lowest BCUT2D eigenvalue weighted by Gasteiger charge is -2.21. The van der Waals surface area contributed by atoms with Gasteiger partial charge < -0.3 is 15.5 Å². The summed E-state index contributed by atoms with van der Waals surface area (Å²) in [6, 6.07) is 1.33. The van der Waals surface area contributed by atoms with Crippen LogP contribution in [-0.4, -0.2) is 29.9 Å². The highest BCUT2D eigenvalue weighted by atomic mass is 35.5. The highest BCUT2D eigenvalue weighted by molar-refractivity contribution is 6.36. The molecule has 0 fully saturated rings. The van der Waals surface area contributed by atoms with Crippen molar-refractivity contribution in [3.05, 3.63) is 33.3 Å². The molecule has 108 valence electrons. The first-order valence-corrected chi connectivity index (χ1v) is 6.01. The lowest BCUT2D eigenvalue weighted by molar-refractivity contribution is -0.137. The summed E-state index contributed by atoms with van der Waals surface area (Å²) in [4.78, 5) is 0. The van der Waals surface area contributed by atoms with Gasteiger partial charge in [0.2, 0.25) is 0 Å². The average molecular weight is 318 g/mol. The zero-order valence-electron chi connectivity index (χ0n) is 9.80. The number of nitrogens with one attached hydrogen (secondary N) is 1. The first-order chi connectivity index (χ1) is 8.68. The van der Waals surface area contributed by atoms with Crippen molar-refractivity contribution < 1.29 is 23.4 Å². The third kappa shape index (κ3) is 3.97. The van der Waals surface area contributed by atoms with Crippen molar-refractivity contribution in [2.24, 2.45) is 0 Å². The second-order valence-corrected chi connectivity index (χ2v) is 4.74. The minimum atomic E-state index is -4.58. The van der Waals surface area contributed by atoms with E-state index >= 15 is 0 Å². The summed E-state index contributed by atoms with van der Waals surface area (Å²) in [5.41, 5.74) is -1.14. The predicted molar refractivity (Wildman–Crippen MR) is 66.4 cm³/mol. The lowest BCUT2D eigenvalue weighted by atomic mass is 10.0. The van der Waals surface area contributed by atoms with Crippen molar-refractivity contribution in [2.75, 3.05) is 13.6 Å². The average Bonchev–Trinajstić information content (AvgIpc) is 2.26. The van der Waals surface area contributed by atoms with Gasteiger partial charge in [0.15, 0.2) is 0 Å². The molecule has 3 N–H and O–H groups in total. The minimum Gasteiger partial charge on any atom is -0.389 e. The smallest absolute Gasteiger partial charge is 0.389 e. The molecule has 1 rings (SSSR count). The highest BCUT2D eigenvalue weighted by Gasteiger charge is 2.33. The van der Waals surface area contributed by atoms with Crippen LogP contribution in [0.4, 0.5) is 13.2 Å². The molecule has 1 aromatic carbocycles. The number of aliphatic hydroxyl groups is 2. The molecule has 0 radical (unpaired) electrons. The summed E-state index contributed by atoms with van der Waals surface area (Å²) in [5.74, 6) is 0. The van der Waals surface area contributed by atoms with E-state index in [2.05, 4.69) is 5.32 Å². The van der Waals surface area contributed by atoms with Crippen molar-refractivity contribution in [1.29, 1.82) is 0 Å². The minimum absolute atomic E-state index is 0.0366. The summed E-state index contributed by atoms with van der Waals surface area (Å²) in [6.07, 6.45) is -7.30. The number of likely N-dealkylation sites (N-methyl/N-ethyl adjacent to an activating group) is 1. The van der Waals surface area contributed by atoms with Gasteiger partial charge in [0, 0.05) is 22.2 Å². The molecule has 2 unspecified atom stereocenters. The van der Waals surface area contributed by atoms with Crippen molar-refractivity contribution in [3.8, 4) is 0 Å². The topological polar surface area (TPSA) is 52.5 Å². The Balaban J connectivity index is 3.17. The summed E-state index contributed by atoms with van der Waals surface area (Å²) in [6.45, 7) is 0.0366. The Morgan fingerprint density at radius 3 is 2.05 bits per heavy atom. The largest absolute Gasteiger partial charge is 0.416 e. The van der Waals surface area contributed by atoms with Crippen LogP contribution in [0.1, 0.15) is 17.2 Å². The van der Waals surface area contributed by atoms with E-state index in [0.29, 0.717) is 12.1 Å². The number of benzene rings is 1. The maximum atomic E-state index is 12.5. The van der Waals surface area contributed by atoms with Crippen LogP contribution in [0.5, 0.6) is 0 Å². The van der Waals surface area contributed by atoms with Crippen LogP contribution in [-0.2, 0) is 6.18 Å². The number of aliphatic hydroxyl groups excluding tert-OH is 2. The van der Waals surface area contributed by atoms with Crippen LogP contribution in [0.15, 0.2) is 12.1 Å². The Labute approximate surface area is 117 Å². The Hall–Kier alpha value is -0.530. The Morgan fingerprint density at radius 1 is 1.21 bits per heavy atom. The van der Waals surface area contributed by atoms with Gasteiger partial charge in [-0.3, -0.25) is 0 Å². The Kier molecular flexibility index (Phi) is 5.46. The molecule has 0 aromatic heterocycles. The quantitative estimate of drug-likeness (QED) is 0.800. The van der Waals surface area contributed by atoms with E-state index < -0.39 is 23.9 Å². The van der Waals surface area contributed by atoms with E-state index in [1.807, 2.05) is 0 Å². The first kappa shape index (κ1) is 16.5. The van der Waals surface area contributed by atoms with Crippen molar-refractivity contribution in [3.63, 3.8) is 0 Å². The number of alkyl halides is 3. The van der Waals surface area contributed by atoms with Crippen molar-refractivity contribution >= 4 is 23.2 Å².